The molecule has 1 aliphatic carbocycles. The van der Waals surface area contributed by atoms with Crippen molar-refractivity contribution in [1.82, 2.24) is 15.2 Å². The Balaban J connectivity index is 1.51. The second kappa shape index (κ2) is 12.5. The predicted molar refractivity (Wildman–Crippen MR) is 159 cm³/mol. The van der Waals surface area contributed by atoms with Gasteiger partial charge in [0.05, 0.1) is 22.2 Å². The minimum Gasteiger partial charge on any atom is -0.496 e. The zero-order chi connectivity index (χ0) is 30.0. The molecule has 42 heavy (non-hydrogen) atoms. The Labute approximate surface area is 250 Å². The molecule has 2 heterocycles. The van der Waals surface area contributed by atoms with Gasteiger partial charge in [-0.25, -0.2) is 18.6 Å². The number of pyridine rings is 1. The number of ether oxygens (including phenoxy) is 1. The maximum absolute atomic E-state index is 14.7. The first kappa shape index (κ1) is 29.5. The van der Waals surface area contributed by atoms with E-state index < -0.39 is 23.6 Å². The molecule has 4 N–H and O–H groups in total. The van der Waals surface area contributed by atoms with Crippen LogP contribution in [0.5, 0.6) is 5.75 Å². The Morgan fingerprint density at radius 2 is 1.83 bits per heavy atom. The second-order valence-corrected chi connectivity index (χ2v) is 11.7. The molecular weight excluding hydrogens is 586 g/mol. The summed E-state index contributed by atoms with van der Waals surface area (Å²) in [5.41, 5.74) is 8.16. The molecule has 0 bridgehead atoms. The number of thiophene rings is 1. The molecule has 1 saturated carbocycles. The lowest BCUT2D eigenvalue weighted by atomic mass is 9.85. The van der Waals surface area contributed by atoms with Gasteiger partial charge in [-0.3, -0.25) is 4.79 Å². The van der Waals surface area contributed by atoms with Crippen molar-refractivity contribution in [3.8, 4) is 16.9 Å². The summed E-state index contributed by atoms with van der Waals surface area (Å²) in [4.78, 5) is 31.1. The van der Waals surface area contributed by atoms with Crippen LogP contribution in [0.15, 0.2) is 48.7 Å². The van der Waals surface area contributed by atoms with Gasteiger partial charge in [-0.05, 0) is 73.6 Å². The molecule has 0 atom stereocenters. The molecule has 2 aromatic carbocycles. The van der Waals surface area contributed by atoms with Gasteiger partial charge in [0.15, 0.2) is 0 Å². The normalized spacial score (nSPS) is 16.8. The number of fused-ring (bicyclic) bond motifs is 1. The number of aromatic nitrogens is 1. The monoisotopic (exact) mass is 614 g/mol. The summed E-state index contributed by atoms with van der Waals surface area (Å²) in [5, 5.41) is 11.2. The smallest absolute Gasteiger partial charge is 0.404 e. The number of nitrogen functional groups attached to an aromatic ring is 1. The molecule has 0 unspecified atom stereocenters. The number of halogens is 3. The topological polar surface area (TPSA) is 118 Å². The van der Waals surface area contributed by atoms with E-state index in [1.54, 1.807) is 24.3 Å². The lowest BCUT2D eigenvalue weighted by molar-refractivity contribution is 0.0592. The number of nitrogens with zero attached hydrogens (tertiary/aromatic N) is 2. The van der Waals surface area contributed by atoms with Gasteiger partial charge < -0.3 is 25.8 Å². The first-order valence-corrected chi connectivity index (χ1v) is 14.6. The van der Waals surface area contributed by atoms with Gasteiger partial charge in [0.25, 0.3) is 5.91 Å². The highest BCUT2D eigenvalue weighted by atomic mass is 35.5. The van der Waals surface area contributed by atoms with E-state index in [2.05, 4.69) is 10.3 Å². The quantitative estimate of drug-likeness (QED) is 0.198. The molecule has 0 radical (unpaired) electrons. The first-order chi connectivity index (χ1) is 20.2. The third-order valence-electron chi connectivity index (χ3n) is 7.68. The fourth-order valence-electron chi connectivity index (χ4n) is 5.47. The van der Waals surface area contributed by atoms with Crippen molar-refractivity contribution in [1.29, 1.82) is 0 Å². The first-order valence-electron chi connectivity index (χ1n) is 13.4. The number of rotatable bonds is 8. The van der Waals surface area contributed by atoms with Gasteiger partial charge in [0, 0.05) is 36.5 Å². The van der Waals surface area contributed by atoms with Crippen LogP contribution < -0.4 is 15.8 Å². The lowest BCUT2D eigenvalue weighted by Crippen LogP contribution is -2.43. The van der Waals surface area contributed by atoms with Crippen molar-refractivity contribution in [2.24, 2.45) is 5.92 Å². The summed E-state index contributed by atoms with van der Waals surface area (Å²) in [5.74, 6) is -0.682. The molecule has 2 aromatic heterocycles. The zero-order valence-corrected chi connectivity index (χ0v) is 24.3. The van der Waals surface area contributed by atoms with Crippen molar-refractivity contribution in [3.05, 3.63) is 75.8 Å². The molecule has 220 valence electrons. The summed E-state index contributed by atoms with van der Waals surface area (Å²) in [6.45, 7) is 0.485. The van der Waals surface area contributed by atoms with Crippen LogP contribution >= 0.6 is 22.9 Å². The highest BCUT2D eigenvalue weighted by Crippen LogP contribution is 2.41. The molecule has 12 heteroatoms. The number of anilines is 1. The minimum atomic E-state index is -1.07. The molecular formula is C30H29ClF2N4O4S. The summed E-state index contributed by atoms with van der Waals surface area (Å²) >= 11 is 7.37. The maximum atomic E-state index is 14.7. The van der Waals surface area contributed by atoms with Crippen LogP contribution in [-0.4, -0.2) is 46.7 Å². The van der Waals surface area contributed by atoms with Crippen LogP contribution in [0.4, 0.5) is 19.4 Å². The number of carbonyl (C=O) groups excluding carboxylic acids is 1. The van der Waals surface area contributed by atoms with E-state index >= 15 is 0 Å². The molecule has 8 nitrogen and oxygen atoms in total. The second-order valence-electron chi connectivity index (χ2n) is 10.3. The summed E-state index contributed by atoms with van der Waals surface area (Å²) in [6.07, 6.45) is 3.23. The van der Waals surface area contributed by atoms with Crippen LogP contribution in [0.25, 0.3) is 21.2 Å². The van der Waals surface area contributed by atoms with E-state index in [-0.39, 0.29) is 38.5 Å². The number of hydrogen-bond donors (Lipinski definition) is 3. The number of methoxy groups -OCH3 is 1. The third kappa shape index (κ3) is 6.12. The molecule has 1 aliphatic rings. The van der Waals surface area contributed by atoms with Crippen molar-refractivity contribution >= 4 is 50.8 Å². The lowest BCUT2D eigenvalue weighted by Gasteiger charge is -2.37. The van der Waals surface area contributed by atoms with Crippen LogP contribution in [0.3, 0.4) is 0 Å². The summed E-state index contributed by atoms with van der Waals surface area (Å²) < 4.78 is 34.9. The Hall–Kier alpha value is -3.96. The molecule has 2 amide bonds. The van der Waals surface area contributed by atoms with E-state index in [1.807, 2.05) is 24.3 Å². The molecule has 0 aliphatic heterocycles. The number of carboxylic acid groups (broad SMARTS) is 1. The van der Waals surface area contributed by atoms with Crippen molar-refractivity contribution < 1.29 is 28.2 Å². The van der Waals surface area contributed by atoms with Gasteiger partial charge in [-0.1, -0.05) is 17.7 Å². The predicted octanol–water partition coefficient (Wildman–Crippen LogP) is 6.95. The van der Waals surface area contributed by atoms with Crippen molar-refractivity contribution in [2.45, 2.75) is 38.3 Å². The van der Waals surface area contributed by atoms with Gasteiger partial charge in [0.1, 0.15) is 28.1 Å². The number of benzene rings is 2. The van der Waals surface area contributed by atoms with E-state index in [0.717, 1.165) is 40.2 Å². The van der Waals surface area contributed by atoms with Gasteiger partial charge in [0.2, 0.25) is 0 Å². The van der Waals surface area contributed by atoms with Gasteiger partial charge in [-0.2, -0.15) is 0 Å². The fraction of sp³-hybridized carbons (Fsp3) is 0.300. The van der Waals surface area contributed by atoms with E-state index in [0.29, 0.717) is 43.8 Å². The van der Waals surface area contributed by atoms with E-state index in [1.165, 1.54) is 0 Å². The number of carbonyl (C=O) groups is 2. The average Bonchev–Trinajstić information content (AvgIpc) is 3.35. The molecule has 0 saturated heterocycles. The van der Waals surface area contributed by atoms with Crippen LogP contribution in [0.1, 0.15) is 40.9 Å². The molecule has 4 aromatic rings. The Kier molecular flexibility index (Phi) is 8.79. The average molecular weight is 615 g/mol. The van der Waals surface area contributed by atoms with Crippen LogP contribution in [0, 0.1) is 17.6 Å². The van der Waals surface area contributed by atoms with Gasteiger partial charge in [-0.15, -0.1) is 11.3 Å². The fourth-order valence-corrected chi connectivity index (χ4v) is 6.97. The summed E-state index contributed by atoms with van der Waals surface area (Å²) in [6, 6.07) is 11.0. The SMILES string of the molecule is COc1ccc(-c2ccc(N)nc2)cc1CN(C(=O)c1sc2c(F)ccc(F)c2c1Cl)C1CCC(CNC(=O)O)CC1. The van der Waals surface area contributed by atoms with Gasteiger partial charge >= 0.3 is 6.09 Å². The standard InChI is InChI=1S/C30H29ClF2N4O4S/c1-41-23-10-4-17(18-5-11-24(34)35-14-18)12-19(23)15-37(20-6-2-16(3-7-20)13-36-30(39)40)29(38)28-26(31)25-21(32)8-9-22(33)27(25)42-28/h4-5,8-12,14,16,20,36H,2-3,6-7,13,15H2,1H3,(H2,34,35)(H,39,40). The number of hydrogen-bond acceptors (Lipinski definition) is 6. The molecule has 0 spiro atoms. The van der Waals surface area contributed by atoms with E-state index in [4.69, 9.17) is 27.2 Å². The Bertz CT molecular complexity index is 1620. The highest BCUT2D eigenvalue weighted by molar-refractivity contribution is 7.21. The van der Waals surface area contributed by atoms with Crippen LogP contribution in [0.2, 0.25) is 5.02 Å². The Morgan fingerprint density at radius 3 is 2.48 bits per heavy atom. The van der Waals surface area contributed by atoms with Crippen molar-refractivity contribution in [2.75, 3.05) is 19.4 Å². The van der Waals surface area contributed by atoms with Crippen LogP contribution in [-0.2, 0) is 6.54 Å². The maximum Gasteiger partial charge on any atom is 0.404 e. The highest BCUT2D eigenvalue weighted by Gasteiger charge is 2.33. The number of nitrogens with one attached hydrogen (secondary N) is 1. The minimum absolute atomic E-state index is 0.0119. The molecule has 1 fully saturated rings. The molecule has 5 rings (SSSR count). The third-order valence-corrected chi connectivity index (χ3v) is 9.35. The summed E-state index contributed by atoms with van der Waals surface area (Å²) in [7, 11) is 1.55. The zero-order valence-electron chi connectivity index (χ0n) is 22.7. The van der Waals surface area contributed by atoms with Crippen molar-refractivity contribution in [3.63, 3.8) is 0 Å². The Morgan fingerprint density at radius 1 is 1.12 bits per heavy atom. The number of amides is 2. The van der Waals surface area contributed by atoms with E-state index in [9.17, 15) is 18.4 Å². The largest absolute Gasteiger partial charge is 0.496 e. The number of nitrogens with two attached hydrogens (primary N) is 1.